The van der Waals surface area contributed by atoms with Crippen LogP contribution in [0.1, 0.15) is 31.8 Å². The van der Waals surface area contributed by atoms with Crippen LogP contribution in [-0.4, -0.2) is 24.5 Å². The van der Waals surface area contributed by atoms with Crippen LogP contribution in [0.3, 0.4) is 0 Å². The molecule has 0 radical (unpaired) electrons. The van der Waals surface area contributed by atoms with Crippen LogP contribution in [0.2, 0.25) is 0 Å². The molecule has 0 saturated carbocycles. The predicted octanol–water partition coefficient (Wildman–Crippen LogP) is 1.64. The molecule has 0 fully saturated rings. The van der Waals surface area contributed by atoms with Gasteiger partial charge in [-0.25, -0.2) is 0 Å². The molecule has 0 saturated heterocycles. The first-order valence-electron chi connectivity index (χ1n) is 5.87. The zero-order valence-electron chi connectivity index (χ0n) is 10.4. The quantitative estimate of drug-likeness (QED) is 0.723. The lowest BCUT2D eigenvalue weighted by Crippen LogP contribution is -2.22. The molecule has 6 nitrogen and oxygen atoms in total. The van der Waals surface area contributed by atoms with Crippen molar-refractivity contribution < 1.29 is 26.7 Å². The first kappa shape index (κ1) is 13.5. The van der Waals surface area contributed by atoms with Crippen LogP contribution in [0.4, 0.5) is 0 Å². The summed E-state index contributed by atoms with van der Waals surface area (Å²) in [5, 5.41) is 0. The van der Waals surface area contributed by atoms with Gasteiger partial charge in [0.05, 0.1) is 5.56 Å². The third kappa shape index (κ3) is 2.22. The van der Waals surface area contributed by atoms with Gasteiger partial charge in [0, 0.05) is 16.7 Å². The minimum absolute atomic E-state index is 0.0415. The monoisotopic (exact) mass is 304 g/mol. The Labute approximate surface area is 119 Å². The van der Waals surface area contributed by atoms with Crippen LogP contribution >= 0.6 is 0 Å². The molecule has 21 heavy (non-hydrogen) atoms. The van der Waals surface area contributed by atoms with E-state index in [1.54, 1.807) is 12.1 Å². The van der Waals surface area contributed by atoms with E-state index < -0.39 is 22.0 Å². The van der Waals surface area contributed by atoms with E-state index in [9.17, 15) is 18.0 Å². The summed E-state index contributed by atoms with van der Waals surface area (Å²) in [4.78, 5) is 24.8. The SMILES string of the molecule is O=C1c2ccccc2C(=O)c2c(OS(=O)(=O)O)cccc21. The number of rotatable bonds is 2. The molecule has 3 rings (SSSR count). The number of benzene rings is 2. The Kier molecular flexibility index (Phi) is 2.89. The molecular formula is C14H8O6S. The van der Waals surface area contributed by atoms with E-state index in [1.807, 2.05) is 0 Å². The summed E-state index contributed by atoms with van der Waals surface area (Å²) in [6, 6.07) is 10.2. The zero-order chi connectivity index (χ0) is 15.2. The zero-order valence-corrected chi connectivity index (χ0v) is 11.3. The van der Waals surface area contributed by atoms with E-state index >= 15 is 0 Å². The van der Waals surface area contributed by atoms with Gasteiger partial charge < -0.3 is 4.18 Å². The fraction of sp³-hybridized carbons (Fsp3) is 0. The van der Waals surface area contributed by atoms with E-state index in [4.69, 9.17) is 4.55 Å². The predicted molar refractivity (Wildman–Crippen MR) is 71.9 cm³/mol. The Bertz CT molecular complexity index is 882. The Morgan fingerprint density at radius 2 is 1.38 bits per heavy atom. The number of hydrogen-bond acceptors (Lipinski definition) is 5. The lowest BCUT2D eigenvalue weighted by Gasteiger charge is -2.19. The highest BCUT2D eigenvalue weighted by Gasteiger charge is 2.32. The summed E-state index contributed by atoms with van der Waals surface area (Å²) >= 11 is 0. The highest BCUT2D eigenvalue weighted by molar-refractivity contribution is 7.81. The maximum atomic E-state index is 12.5. The van der Waals surface area contributed by atoms with E-state index in [0.29, 0.717) is 0 Å². The van der Waals surface area contributed by atoms with Crippen LogP contribution in [0.5, 0.6) is 5.75 Å². The van der Waals surface area contributed by atoms with Gasteiger partial charge in [-0.2, -0.15) is 8.42 Å². The van der Waals surface area contributed by atoms with Gasteiger partial charge in [-0.05, 0) is 6.07 Å². The lowest BCUT2D eigenvalue weighted by molar-refractivity contribution is 0.0977. The average molecular weight is 304 g/mol. The lowest BCUT2D eigenvalue weighted by atomic mass is 9.84. The second-order valence-corrected chi connectivity index (χ2v) is 5.42. The Morgan fingerprint density at radius 3 is 2.00 bits per heavy atom. The Hall–Kier alpha value is -2.51. The molecule has 0 aliphatic heterocycles. The normalized spacial score (nSPS) is 13.6. The summed E-state index contributed by atoms with van der Waals surface area (Å²) in [7, 11) is -4.79. The minimum atomic E-state index is -4.79. The summed E-state index contributed by atoms with van der Waals surface area (Å²) in [6.07, 6.45) is 0. The smallest absolute Gasteiger partial charge is 0.361 e. The van der Waals surface area contributed by atoms with Crippen molar-refractivity contribution in [1.29, 1.82) is 0 Å². The standard InChI is InChI=1S/C14H8O6S/c15-13-8-4-1-2-5-9(8)14(16)12-10(13)6-3-7-11(12)20-21(17,18)19/h1-7H,(H,17,18,19). The van der Waals surface area contributed by atoms with Gasteiger partial charge in [-0.1, -0.05) is 36.4 Å². The van der Waals surface area contributed by atoms with Crippen molar-refractivity contribution in [3.8, 4) is 5.75 Å². The van der Waals surface area contributed by atoms with Crippen molar-refractivity contribution >= 4 is 22.0 Å². The number of fused-ring (bicyclic) bond motifs is 2. The van der Waals surface area contributed by atoms with Gasteiger partial charge >= 0.3 is 10.4 Å². The molecule has 2 aromatic rings. The third-order valence-corrected chi connectivity index (χ3v) is 3.50. The minimum Gasteiger partial charge on any atom is -0.361 e. The fourth-order valence-corrected chi connectivity index (χ4v) is 2.66. The first-order valence-corrected chi connectivity index (χ1v) is 7.23. The Morgan fingerprint density at radius 1 is 0.810 bits per heavy atom. The maximum absolute atomic E-state index is 12.5. The van der Waals surface area contributed by atoms with Crippen LogP contribution in [0.15, 0.2) is 42.5 Å². The van der Waals surface area contributed by atoms with Crippen molar-refractivity contribution in [3.05, 3.63) is 64.7 Å². The summed E-state index contributed by atoms with van der Waals surface area (Å²) in [5.74, 6) is -1.30. The molecule has 0 bridgehead atoms. The van der Waals surface area contributed by atoms with Gasteiger partial charge in [0.1, 0.15) is 0 Å². The van der Waals surface area contributed by atoms with Crippen LogP contribution < -0.4 is 4.18 Å². The maximum Gasteiger partial charge on any atom is 0.446 e. The van der Waals surface area contributed by atoms with Crippen molar-refractivity contribution in [2.75, 3.05) is 0 Å². The van der Waals surface area contributed by atoms with Gasteiger partial charge in [-0.15, -0.1) is 0 Å². The van der Waals surface area contributed by atoms with Gasteiger partial charge in [0.15, 0.2) is 17.3 Å². The van der Waals surface area contributed by atoms with Gasteiger partial charge in [0.25, 0.3) is 0 Å². The number of carbonyl (C=O) groups excluding carboxylic acids is 2. The number of carbonyl (C=O) groups is 2. The third-order valence-electron chi connectivity index (χ3n) is 3.11. The highest BCUT2D eigenvalue weighted by atomic mass is 32.3. The first-order chi connectivity index (χ1) is 9.88. The molecule has 1 N–H and O–H groups in total. The van der Waals surface area contributed by atoms with Crippen LogP contribution in [-0.2, 0) is 10.4 Å². The van der Waals surface area contributed by atoms with Crippen LogP contribution in [0.25, 0.3) is 0 Å². The van der Waals surface area contributed by atoms with Crippen molar-refractivity contribution in [3.63, 3.8) is 0 Å². The molecule has 0 aromatic heterocycles. The van der Waals surface area contributed by atoms with E-state index in [-0.39, 0.29) is 28.0 Å². The summed E-state index contributed by atoms with van der Waals surface area (Å²) in [5.41, 5.74) is 0.291. The molecule has 0 spiro atoms. The van der Waals surface area contributed by atoms with E-state index in [0.717, 1.165) is 0 Å². The van der Waals surface area contributed by atoms with Crippen molar-refractivity contribution in [2.24, 2.45) is 0 Å². The second-order valence-electron chi connectivity index (χ2n) is 4.39. The second kappa shape index (κ2) is 4.51. The largest absolute Gasteiger partial charge is 0.446 e. The molecule has 1 aliphatic carbocycles. The number of ketones is 2. The summed E-state index contributed by atoms with van der Waals surface area (Å²) < 4.78 is 34.9. The van der Waals surface area contributed by atoms with Gasteiger partial charge in [0.2, 0.25) is 0 Å². The van der Waals surface area contributed by atoms with Crippen molar-refractivity contribution in [2.45, 2.75) is 0 Å². The average Bonchev–Trinajstić information content (AvgIpc) is 2.43. The van der Waals surface area contributed by atoms with Crippen LogP contribution in [0, 0.1) is 0 Å². The van der Waals surface area contributed by atoms with E-state index in [2.05, 4.69) is 4.18 Å². The highest BCUT2D eigenvalue weighted by Crippen LogP contribution is 2.33. The Balaban J connectivity index is 2.26. The molecule has 7 heteroatoms. The molecule has 0 unspecified atom stereocenters. The fourth-order valence-electron chi connectivity index (χ4n) is 2.30. The molecule has 1 aliphatic rings. The molecule has 106 valence electrons. The molecule has 0 amide bonds. The summed E-state index contributed by atoms with van der Waals surface area (Å²) in [6.45, 7) is 0. The topological polar surface area (TPSA) is 97.7 Å². The van der Waals surface area contributed by atoms with Gasteiger partial charge in [-0.3, -0.25) is 14.1 Å². The number of hydrogen-bond donors (Lipinski definition) is 1. The van der Waals surface area contributed by atoms with Crippen molar-refractivity contribution in [1.82, 2.24) is 0 Å². The molecule has 2 aromatic carbocycles. The molecule has 0 atom stereocenters. The molecular weight excluding hydrogens is 296 g/mol. The van der Waals surface area contributed by atoms with E-state index in [1.165, 1.54) is 30.3 Å². The molecule has 0 heterocycles.